The Labute approximate surface area is 537 Å². The Morgan fingerprint density at radius 2 is 0.523 bits per heavy atom. The van der Waals surface area contributed by atoms with Gasteiger partial charge in [-0.15, -0.1) is 0 Å². The maximum absolute atomic E-state index is 13.0. The van der Waals surface area contributed by atoms with Crippen molar-refractivity contribution in [3.63, 3.8) is 0 Å². The number of carbonyl (C=O) groups is 4. The van der Waals surface area contributed by atoms with E-state index in [1.165, 1.54) is 148 Å². The number of phosphoric ester groups is 2. The predicted molar refractivity (Wildman–Crippen MR) is 354 cm³/mol. The van der Waals surface area contributed by atoms with Crippen molar-refractivity contribution in [3.8, 4) is 0 Å². The molecule has 0 fully saturated rings. The molecule has 0 spiro atoms. The van der Waals surface area contributed by atoms with Crippen LogP contribution in [0.2, 0.25) is 0 Å². The molecular weight excluding hydrogens is 1160 g/mol. The van der Waals surface area contributed by atoms with Gasteiger partial charge in [-0.1, -0.05) is 292 Å². The number of hydrogen-bond donors (Lipinski definition) is 3. The minimum atomic E-state index is -4.95. The zero-order valence-electron chi connectivity index (χ0n) is 57.2. The van der Waals surface area contributed by atoms with Crippen LogP contribution in [0, 0.1) is 17.8 Å². The van der Waals surface area contributed by atoms with E-state index in [2.05, 4.69) is 48.5 Å². The third-order valence-corrected chi connectivity index (χ3v) is 17.8. The molecule has 0 amide bonds. The van der Waals surface area contributed by atoms with Crippen LogP contribution in [0.25, 0.3) is 0 Å². The summed E-state index contributed by atoms with van der Waals surface area (Å²) in [6.45, 7) is 11.8. The summed E-state index contributed by atoms with van der Waals surface area (Å²) in [5, 5.41) is 10.6. The first-order chi connectivity index (χ1) is 42.2. The fourth-order valence-corrected chi connectivity index (χ4v) is 11.9. The smallest absolute Gasteiger partial charge is 0.462 e. The van der Waals surface area contributed by atoms with Crippen molar-refractivity contribution in [1.29, 1.82) is 0 Å². The van der Waals surface area contributed by atoms with E-state index in [4.69, 9.17) is 37.0 Å². The molecule has 2 unspecified atom stereocenters. The molecule has 0 aromatic heterocycles. The molecule has 0 aromatic rings. The lowest BCUT2D eigenvalue weighted by Gasteiger charge is -2.21. The third kappa shape index (κ3) is 62.8. The van der Waals surface area contributed by atoms with E-state index >= 15 is 0 Å². The molecule has 88 heavy (non-hydrogen) atoms. The summed E-state index contributed by atoms with van der Waals surface area (Å²) in [7, 11) is -9.90. The standard InChI is InChI=1S/C69H134O17P2/c1-8-9-10-11-12-29-36-43-50-66(71)79-56-64(85-69(74)53-46-39-32-25-19-17-22-28-35-42-49-62(6)7)58-83-87(75,76)81-54-63(70)55-82-88(77,78)84-59-65(57-80-67(72)51-44-37-30-23-18-16-21-27-34-41-48-61(4)5)86-68(73)52-45-38-31-24-15-13-14-20-26-33-40-47-60(2)3/h60-65,70H,8-59H2,1-7H3,(H,75,76)(H,77,78)/t63-,64+,65+/m0/s1. The van der Waals surface area contributed by atoms with Crippen LogP contribution < -0.4 is 0 Å². The van der Waals surface area contributed by atoms with Crippen LogP contribution in [-0.2, 0) is 65.4 Å². The Morgan fingerprint density at radius 3 is 0.773 bits per heavy atom. The number of hydrogen-bond acceptors (Lipinski definition) is 15. The number of phosphoric acid groups is 2. The van der Waals surface area contributed by atoms with Gasteiger partial charge in [0.15, 0.2) is 12.2 Å². The summed E-state index contributed by atoms with van der Waals surface area (Å²) < 4.78 is 68.2. The predicted octanol–water partition coefficient (Wildman–Crippen LogP) is 19.5. The highest BCUT2D eigenvalue weighted by atomic mass is 31.2. The van der Waals surface area contributed by atoms with E-state index in [-0.39, 0.29) is 25.7 Å². The molecular formula is C69H134O17P2. The number of aliphatic hydroxyl groups is 1. The zero-order chi connectivity index (χ0) is 65.2. The number of unbranched alkanes of at least 4 members (excludes halogenated alkanes) is 35. The molecule has 0 radical (unpaired) electrons. The molecule has 0 bridgehead atoms. The molecule has 0 aliphatic carbocycles. The Hall–Kier alpha value is -1.94. The molecule has 17 nitrogen and oxygen atoms in total. The molecule has 0 aliphatic rings. The molecule has 19 heteroatoms. The van der Waals surface area contributed by atoms with Crippen molar-refractivity contribution in [2.24, 2.45) is 17.8 Å². The van der Waals surface area contributed by atoms with Crippen molar-refractivity contribution in [2.75, 3.05) is 39.6 Å². The van der Waals surface area contributed by atoms with E-state index in [0.717, 1.165) is 114 Å². The quantitative estimate of drug-likeness (QED) is 0.0222. The topological polar surface area (TPSA) is 237 Å². The van der Waals surface area contributed by atoms with Crippen LogP contribution >= 0.6 is 15.6 Å². The summed E-state index contributed by atoms with van der Waals surface area (Å²) in [6.07, 6.45) is 43.0. The van der Waals surface area contributed by atoms with Crippen molar-refractivity contribution in [3.05, 3.63) is 0 Å². The highest BCUT2D eigenvalue weighted by Crippen LogP contribution is 2.45. The SMILES string of the molecule is CCCCCCCCCCC(=O)OC[C@H](COP(=O)(O)OC[C@H](O)COP(=O)(O)OC[C@@H](COC(=O)CCCCCCCCCCCCC(C)C)OC(=O)CCCCCCCCCCCCCC(C)C)OC(=O)CCCCCCCCCCCCC(C)C. The van der Waals surface area contributed by atoms with E-state index in [0.29, 0.717) is 25.7 Å². The molecule has 0 aromatic carbocycles. The molecule has 0 rings (SSSR count). The van der Waals surface area contributed by atoms with Crippen LogP contribution in [0.5, 0.6) is 0 Å². The summed E-state index contributed by atoms with van der Waals surface area (Å²) in [5.74, 6) is 0.146. The molecule has 0 saturated carbocycles. The van der Waals surface area contributed by atoms with Crippen LogP contribution in [-0.4, -0.2) is 96.7 Å². The number of aliphatic hydroxyl groups excluding tert-OH is 1. The lowest BCUT2D eigenvalue weighted by atomic mass is 10.0. The number of rotatable bonds is 67. The second-order valence-electron chi connectivity index (χ2n) is 26.3. The highest BCUT2D eigenvalue weighted by molar-refractivity contribution is 7.47. The molecule has 0 aliphatic heterocycles. The van der Waals surface area contributed by atoms with E-state index in [1.54, 1.807) is 0 Å². The molecule has 0 saturated heterocycles. The van der Waals surface area contributed by atoms with E-state index < -0.39 is 97.5 Å². The molecule has 5 atom stereocenters. The number of carbonyl (C=O) groups excluding carboxylic acids is 4. The summed E-state index contributed by atoms with van der Waals surface area (Å²) in [5.41, 5.74) is 0. The van der Waals surface area contributed by atoms with Crippen LogP contribution in [0.1, 0.15) is 344 Å². The van der Waals surface area contributed by atoms with Gasteiger partial charge in [-0.05, 0) is 43.4 Å². The summed E-state index contributed by atoms with van der Waals surface area (Å²) in [6, 6.07) is 0. The van der Waals surface area contributed by atoms with Gasteiger partial charge in [0.2, 0.25) is 0 Å². The minimum absolute atomic E-state index is 0.105. The van der Waals surface area contributed by atoms with Crippen LogP contribution in [0.3, 0.4) is 0 Å². The second-order valence-corrected chi connectivity index (χ2v) is 29.3. The normalized spacial score (nSPS) is 14.2. The summed E-state index contributed by atoms with van der Waals surface area (Å²) >= 11 is 0. The van der Waals surface area contributed by atoms with Crippen molar-refractivity contribution < 1.29 is 80.2 Å². The highest BCUT2D eigenvalue weighted by Gasteiger charge is 2.30. The Bertz CT molecular complexity index is 1730. The van der Waals surface area contributed by atoms with Gasteiger partial charge in [-0.25, -0.2) is 9.13 Å². The maximum atomic E-state index is 13.0. The van der Waals surface area contributed by atoms with Gasteiger partial charge in [0.25, 0.3) is 0 Å². The van der Waals surface area contributed by atoms with E-state index in [1.807, 2.05) is 0 Å². The van der Waals surface area contributed by atoms with Crippen LogP contribution in [0.4, 0.5) is 0 Å². The molecule has 522 valence electrons. The molecule has 0 heterocycles. The van der Waals surface area contributed by atoms with Gasteiger partial charge in [0, 0.05) is 25.7 Å². The average molecular weight is 1300 g/mol. The molecule has 3 N–H and O–H groups in total. The maximum Gasteiger partial charge on any atom is 0.472 e. The van der Waals surface area contributed by atoms with Gasteiger partial charge < -0.3 is 33.8 Å². The fourth-order valence-electron chi connectivity index (χ4n) is 10.4. The largest absolute Gasteiger partial charge is 0.472 e. The zero-order valence-corrected chi connectivity index (χ0v) is 59.0. The second kappa shape index (κ2) is 60.0. The third-order valence-electron chi connectivity index (χ3n) is 15.9. The number of esters is 4. The Kier molecular flexibility index (Phi) is 58.7. The van der Waals surface area contributed by atoms with Gasteiger partial charge in [0.1, 0.15) is 19.3 Å². The van der Waals surface area contributed by atoms with Crippen molar-refractivity contribution in [2.45, 2.75) is 362 Å². The lowest BCUT2D eigenvalue weighted by molar-refractivity contribution is -0.161. The van der Waals surface area contributed by atoms with Crippen molar-refractivity contribution >= 4 is 39.5 Å². The van der Waals surface area contributed by atoms with Gasteiger partial charge in [-0.3, -0.25) is 37.3 Å². The minimum Gasteiger partial charge on any atom is -0.462 e. The van der Waals surface area contributed by atoms with E-state index in [9.17, 15) is 43.2 Å². The first kappa shape index (κ1) is 86.1. The first-order valence-corrected chi connectivity index (χ1v) is 38.8. The first-order valence-electron chi connectivity index (χ1n) is 35.8. The van der Waals surface area contributed by atoms with Gasteiger partial charge >= 0.3 is 39.5 Å². The Balaban J connectivity index is 5.24. The van der Waals surface area contributed by atoms with Gasteiger partial charge in [0.05, 0.1) is 26.4 Å². The lowest BCUT2D eigenvalue weighted by Crippen LogP contribution is -2.30. The van der Waals surface area contributed by atoms with Crippen LogP contribution in [0.15, 0.2) is 0 Å². The number of ether oxygens (including phenoxy) is 4. The van der Waals surface area contributed by atoms with Gasteiger partial charge in [-0.2, -0.15) is 0 Å². The average Bonchev–Trinajstić information content (AvgIpc) is 3.69. The monoisotopic (exact) mass is 1300 g/mol. The summed E-state index contributed by atoms with van der Waals surface area (Å²) in [4.78, 5) is 72.4. The Morgan fingerprint density at radius 1 is 0.307 bits per heavy atom. The van der Waals surface area contributed by atoms with Crippen molar-refractivity contribution in [1.82, 2.24) is 0 Å². The fraction of sp³-hybridized carbons (Fsp3) is 0.942.